The molecule has 0 bridgehead atoms. The predicted molar refractivity (Wildman–Crippen MR) is 104 cm³/mol. The number of aromatic nitrogens is 2. The summed E-state index contributed by atoms with van der Waals surface area (Å²) in [5.41, 5.74) is 1.26. The molecule has 0 spiro atoms. The van der Waals surface area contributed by atoms with Crippen LogP contribution in [0.5, 0.6) is 5.75 Å². The summed E-state index contributed by atoms with van der Waals surface area (Å²) < 4.78 is 0. The van der Waals surface area contributed by atoms with Gasteiger partial charge in [0.15, 0.2) is 0 Å². The lowest BCUT2D eigenvalue weighted by Crippen LogP contribution is -2.18. The molecule has 0 unspecified atom stereocenters. The molecule has 0 aliphatic carbocycles. The molecule has 1 aliphatic rings. The highest BCUT2D eigenvalue weighted by Gasteiger charge is 2.26. The molecule has 7 heteroatoms. The van der Waals surface area contributed by atoms with Crippen molar-refractivity contribution >= 4 is 34.3 Å². The largest absolute Gasteiger partial charge is 0.506 e. The van der Waals surface area contributed by atoms with E-state index in [2.05, 4.69) is 21.9 Å². The van der Waals surface area contributed by atoms with Gasteiger partial charge in [0.2, 0.25) is 0 Å². The topological polar surface area (TPSA) is 69.2 Å². The number of aromatic hydroxyl groups is 1. The molecule has 1 aliphatic heterocycles. The van der Waals surface area contributed by atoms with Crippen molar-refractivity contribution in [3.05, 3.63) is 57.5 Å². The second kappa shape index (κ2) is 6.95. The molecule has 26 heavy (non-hydrogen) atoms. The minimum Gasteiger partial charge on any atom is -0.506 e. The maximum Gasteiger partial charge on any atom is 0.266 e. The van der Waals surface area contributed by atoms with Gasteiger partial charge >= 0.3 is 0 Å². The molecule has 3 aromatic rings. The van der Waals surface area contributed by atoms with Crippen molar-refractivity contribution in [2.45, 2.75) is 28.8 Å². The second-order valence-electron chi connectivity index (χ2n) is 6.46. The van der Waals surface area contributed by atoms with E-state index in [0.717, 1.165) is 30.0 Å². The van der Waals surface area contributed by atoms with E-state index >= 15 is 0 Å². The first-order valence-electron chi connectivity index (χ1n) is 8.42. The Hall–Kier alpha value is -2.02. The highest BCUT2D eigenvalue weighted by Crippen LogP contribution is 2.40. The highest BCUT2D eigenvalue weighted by molar-refractivity contribution is 7.99. The van der Waals surface area contributed by atoms with Crippen molar-refractivity contribution in [3.8, 4) is 5.75 Å². The van der Waals surface area contributed by atoms with Gasteiger partial charge < -0.3 is 10.1 Å². The Kier molecular flexibility index (Phi) is 4.65. The van der Waals surface area contributed by atoms with E-state index in [-0.39, 0.29) is 22.2 Å². The van der Waals surface area contributed by atoms with Gasteiger partial charge in [0.25, 0.3) is 5.56 Å². The molecular formula is C19H18ClN3O2S. The third kappa shape index (κ3) is 3.09. The summed E-state index contributed by atoms with van der Waals surface area (Å²) in [6, 6.07) is 9.28. The Morgan fingerprint density at radius 3 is 3.00 bits per heavy atom. The van der Waals surface area contributed by atoms with Crippen molar-refractivity contribution in [3.63, 3.8) is 0 Å². The van der Waals surface area contributed by atoms with Crippen molar-refractivity contribution < 1.29 is 5.11 Å². The normalized spacial score (nSPS) is 17.8. The third-order valence-electron chi connectivity index (χ3n) is 4.79. The van der Waals surface area contributed by atoms with Gasteiger partial charge in [-0.25, -0.2) is 4.98 Å². The van der Waals surface area contributed by atoms with E-state index < -0.39 is 0 Å². The molecule has 0 radical (unpaired) electrons. The molecule has 1 aromatic carbocycles. The van der Waals surface area contributed by atoms with Crippen LogP contribution in [0, 0.1) is 0 Å². The molecule has 4 rings (SSSR count). The number of hydrogen-bond donors (Lipinski definition) is 2. The van der Waals surface area contributed by atoms with Gasteiger partial charge in [0, 0.05) is 28.2 Å². The quantitative estimate of drug-likeness (QED) is 0.704. The summed E-state index contributed by atoms with van der Waals surface area (Å²) in [7, 11) is 2.10. The number of pyridine rings is 2. The first kappa shape index (κ1) is 17.4. The Morgan fingerprint density at radius 2 is 2.23 bits per heavy atom. The van der Waals surface area contributed by atoms with E-state index in [1.165, 1.54) is 11.8 Å². The molecular weight excluding hydrogens is 370 g/mol. The van der Waals surface area contributed by atoms with Gasteiger partial charge in [0.05, 0.1) is 5.52 Å². The zero-order valence-corrected chi connectivity index (χ0v) is 15.8. The smallest absolute Gasteiger partial charge is 0.266 e. The fourth-order valence-electron chi connectivity index (χ4n) is 3.47. The number of nitrogens with one attached hydrogen (secondary N) is 1. The SMILES string of the molecule is CN1CCC[C@H]1c1cccnc1Sc1c(O)c2ccc(Cl)cc2[nH]c1=O. The van der Waals surface area contributed by atoms with Crippen LogP contribution in [0.4, 0.5) is 0 Å². The summed E-state index contributed by atoms with van der Waals surface area (Å²) in [6.45, 7) is 1.05. The predicted octanol–water partition coefficient (Wildman–Crippen LogP) is 4.20. The molecule has 3 heterocycles. The lowest BCUT2D eigenvalue weighted by Gasteiger charge is -2.21. The van der Waals surface area contributed by atoms with Crippen LogP contribution in [0.25, 0.3) is 10.9 Å². The van der Waals surface area contributed by atoms with Gasteiger partial charge in [-0.15, -0.1) is 0 Å². The van der Waals surface area contributed by atoms with Crippen LogP contribution >= 0.6 is 23.4 Å². The maximum atomic E-state index is 12.5. The van der Waals surface area contributed by atoms with Crippen molar-refractivity contribution in [1.29, 1.82) is 0 Å². The van der Waals surface area contributed by atoms with Crippen LogP contribution < -0.4 is 5.56 Å². The van der Waals surface area contributed by atoms with E-state index in [4.69, 9.17) is 11.6 Å². The Morgan fingerprint density at radius 1 is 1.38 bits per heavy atom. The fourth-order valence-corrected chi connectivity index (χ4v) is 4.62. The number of rotatable bonds is 3. The van der Waals surface area contributed by atoms with E-state index in [9.17, 15) is 9.90 Å². The number of hydrogen-bond acceptors (Lipinski definition) is 5. The number of halogens is 1. The first-order valence-corrected chi connectivity index (χ1v) is 9.61. The van der Waals surface area contributed by atoms with Crippen molar-refractivity contribution in [2.24, 2.45) is 0 Å². The van der Waals surface area contributed by atoms with Crippen LogP contribution in [-0.4, -0.2) is 33.6 Å². The third-order valence-corrected chi connectivity index (χ3v) is 6.14. The number of H-pyrrole nitrogens is 1. The molecule has 1 fully saturated rings. The zero-order chi connectivity index (χ0) is 18.3. The lowest BCUT2D eigenvalue weighted by atomic mass is 10.1. The average molecular weight is 388 g/mol. The molecule has 2 N–H and O–H groups in total. The Bertz CT molecular complexity index is 1040. The first-order chi connectivity index (χ1) is 12.5. The maximum absolute atomic E-state index is 12.5. The van der Waals surface area contributed by atoms with E-state index in [1.54, 1.807) is 24.4 Å². The summed E-state index contributed by atoms with van der Waals surface area (Å²) in [6.07, 6.45) is 3.92. The second-order valence-corrected chi connectivity index (χ2v) is 7.90. The van der Waals surface area contributed by atoms with Gasteiger partial charge in [-0.3, -0.25) is 9.69 Å². The van der Waals surface area contributed by atoms with Gasteiger partial charge in [-0.1, -0.05) is 29.4 Å². The zero-order valence-electron chi connectivity index (χ0n) is 14.2. The minimum absolute atomic E-state index is 0.0400. The Labute approximate surface area is 160 Å². The van der Waals surface area contributed by atoms with Gasteiger partial charge in [-0.05, 0) is 50.7 Å². The number of fused-ring (bicyclic) bond motifs is 1. The minimum atomic E-state index is -0.348. The summed E-state index contributed by atoms with van der Waals surface area (Å²) >= 11 is 7.19. The van der Waals surface area contributed by atoms with Crippen LogP contribution in [0.3, 0.4) is 0 Å². The fraction of sp³-hybridized carbons (Fsp3) is 0.263. The lowest BCUT2D eigenvalue weighted by molar-refractivity contribution is 0.313. The summed E-state index contributed by atoms with van der Waals surface area (Å²) in [5.74, 6) is -0.0400. The molecule has 1 atom stereocenters. The van der Waals surface area contributed by atoms with Crippen LogP contribution in [0.1, 0.15) is 24.4 Å². The number of aromatic amines is 1. The van der Waals surface area contributed by atoms with E-state index in [0.29, 0.717) is 15.9 Å². The van der Waals surface area contributed by atoms with Crippen molar-refractivity contribution in [1.82, 2.24) is 14.9 Å². The summed E-state index contributed by atoms with van der Waals surface area (Å²) in [5, 5.41) is 12.5. The Balaban J connectivity index is 1.79. The molecule has 0 amide bonds. The molecule has 1 saturated heterocycles. The van der Waals surface area contributed by atoms with Crippen LogP contribution in [0.2, 0.25) is 5.02 Å². The van der Waals surface area contributed by atoms with Gasteiger partial charge in [0.1, 0.15) is 15.7 Å². The van der Waals surface area contributed by atoms with Crippen LogP contribution in [0.15, 0.2) is 51.2 Å². The van der Waals surface area contributed by atoms with Crippen LogP contribution in [-0.2, 0) is 0 Å². The monoisotopic (exact) mass is 387 g/mol. The molecule has 2 aromatic heterocycles. The van der Waals surface area contributed by atoms with Crippen molar-refractivity contribution in [2.75, 3.05) is 13.6 Å². The number of benzene rings is 1. The number of nitrogens with zero attached hydrogens (tertiary/aromatic N) is 2. The summed E-state index contributed by atoms with van der Waals surface area (Å²) in [4.78, 5) is 22.4. The average Bonchev–Trinajstić information content (AvgIpc) is 3.04. The standard InChI is InChI=1S/C19H18ClN3O2S/c1-23-9-3-5-15(23)13-4-2-8-21-19(13)26-17-16(24)12-7-6-11(20)10-14(12)22-18(17)25/h2,4,6-8,10,15H,3,5,9H2,1H3,(H2,22,24,25)/t15-/m0/s1. The number of likely N-dealkylation sites (tertiary alicyclic amines) is 1. The van der Waals surface area contributed by atoms with Gasteiger partial charge in [-0.2, -0.15) is 0 Å². The molecule has 5 nitrogen and oxygen atoms in total. The molecule has 0 saturated carbocycles. The molecule has 134 valence electrons. The van der Waals surface area contributed by atoms with E-state index in [1.807, 2.05) is 12.1 Å². The highest BCUT2D eigenvalue weighted by atomic mass is 35.5.